The fraction of sp³-hybridized carbons (Fsp3) is 0.273. The highest BCUT2D eigenvalue weighted by Crippen LogP contribution is 2.30. The molecule has 1 amide bonds. The smallest absolute Gasteiger partial charge is 0.274 e. The molecule has 0 atom stereocenters. The van der Waals surface area contributed by atoms with Gasteiger partial charge < -0.3 is 9.88 Å². The lowest BCUT2D eigenvalue weighted by Gasteiger charge is -2.16. The van der Waals surface area contributed by atoms with Gasteiger partial charge in [-0.15, -0.1) is 0 Å². The third-order valence-corrected chi connectivity index (χ3v) is 4.91. The maximum atomic E-state index is 13.0. The van der Waals surface area contributed by atoms with E-state index in [4.69, 9.17) is 5.26 Å². The normalized spacial score (nSPS) is 13.2. The summed E-state index contributed by atoms with van der Waals surface area (Å²) in [6, 6.07) is 16.0. The first-order valence-electron chi connectivity index (χ1n) is 9.01. The van der Waals surface area contributed by atoms with Crippen LogP contribution in [-0.4, -0.2) is 17.4 Å². The summed E-state index contributed by atoms with van der Waals surface area (Å²) in [4.78, 5) is 18.1. The van der Waals surface area contributed by atoms with Crippen molar-refractivity contribution in [1.29, 1.82) is 5.26 Å². The Balaban J connectivity index is 1.64. The highest BCUT2D eigenvalue weighted by atomic mass is 16.2. The summed E-state index contributed by atoms with van der Waals surface area (Å²) >= 11 is 0. The van der Waals surface area contributed by atoms with Crippen molar-refractivity contribution in [2.24, 2.45) is 5.92 Å². The Morgan fingerprint density at radius 1 is 1.23 bits per heavy atom. The second-order valence-corrected chi connectivity index (χ2v) is 7.36. The molecule has 3 aromatic rings. The number of carbonyl (C=O) groups excluding carboxylic acids is 1. The van der Waals surface area contributed by atoms with Crippen LogP contribution < -0.4 is 4.90 Å². The number of rotatable bonds is 3. The molecule has 0 unspecified atom stereocenters. The van der Waals surface area contributed by atoms with Crippen molar-refractivity contribution in [2.45, 2.75) is 26.7 Å². The molecule has 0 spiro atoms. The highest BCUT2D eigenvalue weighted by Gasteiger charge is 2.26. The van der Waals surface area contributed by atoms with E-state index in [0.29, 0.717) is 23.7 Å². The van der Waals surface area contributed by atoms with Gasteiger partial charge in [-0.25, -0.2) is 0 Å². The summed E-state index contributed by atoms with van der Waals surface area (Å²) in [5, 5.41) is 10.1. The molecule has 4 rings (SSSR count). The number of benzene rings is 2. The monoisotopic (exact) mass is 343 g/mol. The van der Waals surface area contributed by atoms with Crippen LogP contribution in [0.25, 0.3) is 10.9 Å². The van der Waals surface area contributed by atoms with Gasteiger partial charge in [0.05, 0.1) is 11.6 Å². The van der Waals surface area contributed by atoms with Gasteiger partial charge in [-0.2, -0.15) is 5.26 Å². The fourth-order valence-electron chi connectivity index (χ4n) is 3.72. The molecular formula is C22H21N3O. The van der Waals surface area contributed by atoms with Gasteiger partial charge in [0.15, 0.2) is 0 Å². The number of hydrogen-bond donors (Lipinski definition) is 1. The van der Waals surface area contributed by atoms with E-state index < -0.39 is 0 Å². The molecule has 0 bridgehead atoms. The van der Waals surface area contributed by atoms with E-state index in [1.165, 1.54) is 5.56 Å². The number of nitrogens with one attached hydrogen (secondary N) is 1. The molecule has 1 N–H and O–H groups in total. The van der Waals surface area contributed by atoms with Gasteiger partial charge in [-0.1, -0.05) is 26.0 Å². The van der Waals surface area contributed by atoms with Gasteiger partial charge in [-0.3, -0.25) is 4.79 Å². The number of fused-ring (bicyclic) bond motifs is 2. The summed E-state index contributed by atoms with van der Waals surface area (Å²) in [6.45, 7) is 5.06. The number of amides is 1. The maximum Gasteiger partial charge on any atom is 0.274 e. The Bertz CT molecular complexity index is 1040. The van der Waals surface area contributed by atoms with Crippen LogP contribution in [0.5, 0.6) is 0 Å². The SMILES string of the molecule is CC(C)Cc1ccc2cc(C(=O)N3CCc4cc(C#N)ccc43)[nH]c2c1. The second kappa shape index (κ2) is 6.34. The molecule has 130 valence electrons. The van der Waals surface area contributed by atoms with Crippen molar-refractivity contribution in [3.8, 4) is 6.07 Å². The maximum absolute atomic E-state index is 13.0. The lowest BCUT2D eigenvalue weighted by molar-refractivity contribution is 0.0985. The van der Waals surface area contributed by atoms with E-state index in [2.05, 4.69) is 43.1 Å². The second-order valence-electron chi connectivity index (χ2n) is 7.36. The zero-order valence-electron chi connectivity index (χ0n) is 15.0. The standard InChI is InChI=1S/C22H21N3O/c1-14(2)9-15-3-5-17-12-20(24-19(17)11-15)22(26)25-8-7-18-10-16(13-23)4-6-21(18)25/h3-6,10-12,14,24H,7-9H2,1-2H3. The molecule has 0 radical (unpaired) electrons. The first-order chi connectivity index (χ1) is 12.5. The minimum absolute atomic E-state index is 0.0185. The lowest BCUT2D eigenvalue weighted by Crippen LogP contribution is -2.29. The van der Waals surface area contributed by atoms with Gasteiger partial charge in [0, 0.05) is 23.1 Å². The van der Waals surface area contributed by atoms with Crippen LogP contribution >= 0.6 is 0 Å². The number of hydrogen-bond acceptors (Lipinski definition) is 2. The molecule has 2 heterocycles. The van der Waals surface area contributed by atoms with E-state index in [1.807, 2.05) is 18.2 Å². The Morgan fingerprint density at radius 2 is 2.08 bits per heavy atom. The van der Waals surface area contributed by atoms with E-state index in [9.17, 15) is 4.79 Å². The van der Waals surface area contributed by atoms with Crippen LogP contribution in [0.2, 0.25) is 0 Å². The first kappa shape index (κ1) is 16.4. The summed E-state index contributed by atoms with van der Waals surface area (Å²) in [6.07, 6.45) is 1.81. The topological polar surface area (TPSA) is 59.9 Å². The average Bonchev–Trinajstić information content (AvgIpc) is 3.23. The minimum atomic E-state index is -0.0185. The molecule has 0 aliphatic carbocycles. The summed E-state index contributed by atoms with van der Waals surface area (Å²) in [5.74, 6) is 0.581. The number of H-pyrrole nitrogens is 1. The van der Waals surface area contributed by atoms with Gasteiger partial charge in [0.2, 0.25) is 0 Å². The molecule has 0 saturated carbocycles. The van der Waals surface area contributed by atoms with Gasteiger partial charge in [0.1, 0.15) is 5.69 Å². The summed E-state index contributed by atoms with van der Waals surface area (Å²) in [7, 11) is 0. The van der Waals surface area contributed by atoms with E-state index in [1.54, 1.807) is 11.0 Å². The molecule has 2 aromatic carbocycles. The highest BCUT2D eigenvalue weighted by molar-refractivity contribution is 6.08. The number of aromatic amines is 1. The van der Waals surface area contributed by atoms with E-state index in [-0.39, 0.29) is 5.91 Å². The Labute approximate surface area is 153 Å². The first-order valence-corrected chi connectivity index (χ1v) is 9.01. The molecule has 1 aromatic heterocycles. The predicted octanol–water partition coefficient (Wildman–Crippen LogP) is 4.44. The van der Waals surface area contributed by atoms with Crippen molar-refractivity contribution in [1.82, 2.24) is 4.98 Å². The van der Waals surface area contributed by atoms with Crippen LogP contribution in [0.4, 0.5) is 5.69 Å². The van der Waals surface area contributed by atoms with Crippen molar-refractivity contribution in [2.75, 3.05) is 11.4 Å². The van der Waals surface area contributed by atoms with Crippen LogP contribution in [0.15, 0.2) is 42.5 Å². The minimum Gasteiger partial charge on any atom is -0.351 e. The molecule has 26 heavy (non-hydrogen) atoms. The van der Waals surface area contributed by atoms with Crippen LogP contribution in [0.1, 0.15) is 41.0 Å². The Kier molecular flexibility index (Phi) is 4.00. The lowest BCUT2D eigenvalue weighted by atomic mass is 10.0. The Morgan fingerprint density at radius 3 is 2.85 bits per heavy atom. The largest absolute Gasteiger partial charge is 0.351 e. The number of nitrogens with zero attached hydrogens (tertiary/aromatic N) is 2. The predicted molar refractivity (Wildman–Crippen MR) is 103 cm³/mol. The van der Waals surface area contributed by atoms with E-state index >= 15 is 0 Å². The molecule has 1 aliphatic heterocycles. The molecule has 4 heteroatoms. The molecule has 0 fully saturated rings. The van der Waals surface area contributed by atoms with Crippen LogP contribution in [0, 0.1) is 17.2 Å². The van der Waals surface area contributed by atoms with Crippen molar-refractivity contribution in [3.63, 3.8) is 0 Å². The van der Waals surface area contributed by atoms with Crippen molar-refractivity contribution < 1.29 is 4.79 Å². The molecule has 4 nitrogen and oxygen atoms in total. The fourth-order valence-corrected chi connectivity index (χ4v) is 3.72. The van der Waals surface area contributed by atoms with Gasteiger partial charge >= 0.3 is 0 Å². The number of carbonyl (C=O) groups is 1. The number of anilines is 1. The average molecular weight is 343 g/mol. The zero-order valence-corrected chi connectivity index (χ0v) is 15.0. The summed E-state index contributed by atoms with van der Waals surface area (Å²) < 4.78 is 0. The molecule has 1 aliphatic rings. The Hall–Kier alpha value is -3.06. The zero-order chi connectivity index (χ0) is 18.3. The molecular weight excluding hydrogens is 322 g/mol. The summed E-state index contributed by atoms with van der Waals surface area (Å²) in [5.41, 5.74) is 5.51. The third kappa shape index (κ3) is 2.86. The van der Waals surface area contributed by atoms with Crippen molar-refractivity contribution >= 4 is 22.5 Å². The van der Waals surface area contributed by atoms with Crippen molar-refractivity contribution in [3.05, 3.63) is 64.8 Å². The third-order valence-electron chi connectivity index (χ3n) is 4.91. The van der Waals surface area contributed by atoms with Crippen LogP contribution in [0.3, 0.4) is 0 Å². The van der Waals surface area contributed by atoms with Gasteiger partial charge in [0.25, 0.3) is 5.91 Å². The van der Waals surface area contributed by atoms with Crippen LogP contribution in [-0.2, 0) is 12.8 Å². The van der Waals surface area contributed by atoms with E-state index in [0.717, 1.165) is 35.0 Å². The van der Waals surface area contributed by atoms with Gasteiger partial charge in [-0.05, 0) is 60.2 Å². The number of aromatic nitrogens is 1. The quantitative estimate of drug-likeness (QED) is 0.764. The number of nitriles is 1. The molecule has 0 saturated heterocycles.